The highest BCUT2D eigenvalue weighted by Crippen LogP contribution is 2.43. The average Bonchev–Trinajstić information content (AvgIpc) is 2.93. The van der Waals surface area contributed by atoms with Gasteiger partial charge in [0.1, 0.15) is 6.17 Å². The number of anilines is 3. The van der Waals surface area contributed by atoms with E-state index in [1.807, 2.05) is 17.0 Å². The highest BCUT2D eigenvalue weighted by Gasteiger charge is 2.32. The van der Waals surface area contributed by atoms with Crippen molar-refractivity contribution in [3.63, 3.8) is 0 Å². The lowest BCUT2D eigenvalue weighted by Crippen LogP contribution is -2.36. The second-order valence-electron chi connectivity index (χ2n) is 7.00. The summed E-state index contributed by atoms with van der Waals surface area (Å²) in [5, 5.41) is 0. The number of carbonyl (C=O) groups is 1. The highest BCUT2D eigenvalue weighted by molar-refractivity contribution is 5.97. The molecule has 0 aliphatic carbocycles. The van der Waals surface area contributed by atoms with Crippen LogP contribution < -0.4 is 9.80 Å². The molecule has 0 N–H and O–H groups in total. The minimum Gasteiger partial charge on any atom is -0.352 e. The number of likely N-dealkylation sites (tertiary alicyclic amines) is 1. The van der Waals surface area contributed by atoms with Crippen molar-refractivity contribution in [3.05, 3.63) is 54.1 Å². The van der Waals surface area contributed by atoms with Crippen LogP contribution >= 0.6 is 0 Å². The molecule has 25 heavy (non-hydrogen) atoms. The molecule has 4 nitrogen and oxygen atoms in total. The molecule has 1 fully saturated rings. The van der Waals surface area contributed by atoms with Crippen LogP contribution in [0.25, 0.3) is 0 Å². The van der Waals surface area contributed by atoms with Gasteiger partial charge >= 0.3 is 0 Å². The molecular weight excluding hydrogens is 310 g/mol. The summed E-state index contributed by atoms with van der Waals surface area (Å²) in [7, 11) is 2.10. The molecular formula is C21H25N3O. The minimum atomic E-state index is 0.168. The van der Waals surface area contributed by atoms with E-state index in [1.54, 1.807) is 0 Å². The number of fused-ring (bicyclic) bond motifs is 1. The van der Waals surface area contributed by atoms with Crippen molar-refractivity contribution in [2.75, 3.05) is 29.9 Å². The highest BCUT2D eigenvalue weighted by atomic mass is 16.2. The van der Waals surface area contributed by atoms with Crippen LogP contribution in [0.1, 0.15) is 36.5 Å². The first-order valence-electron chi connectivity index (χ1n) is 9.17. The van der Waals surface area contributed by atoms with Crippen LogP contribution in [0.5, 0.6) is 0 Å². The fraction of sp³-hybridized carbons (Fsp3) is 0.381. The van der Waals surface area contributed by atoms with Crippen LogP contribution in [0.2, 0.25) is 0 Å². The van der Waals surface area contributed by atoms with E-state index in [9.17, 15) is 4.79 Å². The van der Waals surface area contributed by atoms with Gasteiger partial charge in [-0.05, 0) is 56.5 Å². The molecule has 0 aromatic heterocycles. The summed E-state index contributed by atoms with van der Waals surface area (Å²) >= 11 is 0. The molecule has 4 rings (SSSR count). The maximum Gasteiger partial charge on any atom is 0.253 e. The van der Waals surface area contributed by atoms with E-state index >= 15 is 0 Å². The van der Waals surface area contributed by atoms with Gasteiger partial charge in [-0.15, -0.1) is 0 Å². The monoisotopic (exact) mass is 335 g/mol. The van der Waals surface area contributed by atoms with Crippen LogP contribution in [0, 0.1) is 0 Å². The molecule has 1 amide bonds. The Bertz CT molecular complexity index is 768. The third-order valence-electron chi connectivity index (χ3n) is 5.47. The van der Waals surface area contributed by atoms with Crippen LogP contribution in [0.3, 0.4) is 0 Å². The summed E-state index contributed by atoms with van der Waals surface area (Å²) in [4.78, 5) is 19.4. The Morgan fingerprint density at radius 3 is 2.40 bits per heavy atom. The topological polar surface area (TPSA) is 26.8 Å². The van der Waals surface area contributed by atoms with E-state index in [0.29, 0.717) is 0 Å². The number of piperidine rings is 1. The fourth-order valence-corrected chi connectivity index (χ4v) is 3.94. The van der Waals surface area contributed by atoms with Gasteiger partial charge in [0.15, 0.2) is 0 Å². The quantitative estimate of drug-likeness (QED) is 0.821. The number of rotatable bonds is 2. The molecule has 2 aliphatic rings. The number of carbonyl (C=O) groups excluding carboxylic acids is 1. The van der Waals surface area contributed by atoms with E-state index < -0.39 is 0 Å². The number of amides is 1. The van der Waals surface area contributed by atoms with Gasteiger partial charge in [0, 0.05) is 31.4 Å². The van der Waals surface area contributed by atoms with Gasteiger partial charge in [0.2, 0.25) is 0 Å². The number of para-hydroxylation sites is 1. The van der Waals surface area contributed by atoms with Crippen LogP contribution in [-0.4, -0.2) is 37.1 Å². The molecule has 1 saturated heterocycles. The summed E-state index contributed by atoms with van der Waals surface area (Å²) in [6.45, 7) is 3.97. The largest absolute Gasteiger partial charge is 0.352 e. The lowest BCUT2D eigenvalue weighted by atomic mass is 10.1. The van der Waals surface area contributed by atoms with Crippen molar-refractivity contribution in [1.82, 2.24) is 4.90 Å². The number of benzene rings is 2. The second-order valence-corrected chi connectivity index (χ2v) is 7.00. The zero-order valence-corrected chi connectivity index (χ0v) is 15.0. The molecule has 1 unspecified atom stereocenters. The molecule has 0 radical (unpaired) electrons. The molecule has 0 saturated carbocycles. The molecule has 2 heterocycles. The zero-order chi connectivity index (χ0) is 17.4. The van der Waals surface area contributed by atoms with Crippen LogP contribution in [0.15, 0.2) is 48.5 Å². The van der Waals surface area contributed by atoms with Crippen molar-refractivity contribution in [2.45, 2.75) is 32.4 Å². The maximum atomic E-state index is 12.8. The molecule has 0 spiro atoms. The van der Waals surface area contributed by atoms with E-state index in [2.05, 4.69) is 60.2 Å². The molecule has 4 heteroatoms. The van der Waals surface area contributed by atoms with E-state index in [0.717, 1.165) is 42.9 Å². The smallest absolute Gasteiger partial charge is 0.253 e. The van der Waals surface area contributed by atoms with Crippen LogP contribution in [0.4, 0.5) is 17.1 Å². The van der Waals surface area contributed by atoms with Gasteiger partial charge < -0.3 is 14.7 Å². The predicted molar refractivity (Wildman–Crippen MR) is 103 cm³/mol. The van der Waals surface area contributed by atoms with Gasteiger partial charge in [-0.3, -0.25) is 4.79 Å². The zero-order valence-electron chi connectivity index (χ0n) is 15.0. The normalized spacial score (nSPS) is 19.9. The number of nitrogens with zero attached hydrogens (tertiary/aromatic N) is 3. The Labute approximate surface area is 149 Å². The summed E-state index contributed by atoms with van der Waals surface area (Å²) in [5.41, 5.74) is 4.26. The van der Waals surface area contributed by atoms with Gasteiger partial charge in [-0.1, -0.05) is 18.2 Å². The molecule has 2 aromatic rings. The minimum absolute atomic E-state index is 0.168. The predicted octanol–water partition coefficient (Wildman–Crippen LogP) is 4.25. The van der Waals surface area contributed by atoms with Crippen LogP contribution in [-0.2, 0) is 0 Å². The average molecular weight is 335 g/mol. The molecule has 130 valence electrons. The van der Waals surface area contributed by atoms with Crippen molar-refractivity contribution < 1.29 is 4.79 Å². The van der Waals surface area contributed by atoms with Crippen molar-refractivity contribution >= 4 is 23.0 Å². The lowest BCUT2D eigenvalue weighted by molar-refractivity contribution is 0.0724. The summed E-state index contributed by atoms with van der Waals surface area (Å²) < 4.78 is 0. The molecule has 1 atom stereocenters. The van der Waals surface area contributed by atoms with Crippen molar-refractivity contribution in [3.8, 4) is 0 Å². The van der Waals surface area contributed by atoms with Crippen molar-refractivity contribution in [1.29, 1.82) is 0 Å². The summed E-state index contributed by atoms with van der Waals surface area (Å²) in [6, 6.07) is 16.6. The first-order chi connectivity index (χ1) is 12.2. The molecule has 2 aromatic carbocycles. The van der Waals surface area contributed by atoms with E-state index in [4.69, 9.17) is 0 Å². The lowest BCUT2D eigenvalue weighted by Gasteiger charge is -2.27. The SMILES string of the molecule is CC1N(C)c2cc(C(=O)N3CCCCC3)ccc2N1c1ccccc1. The Morgan fingerprint density at radius 1 is 0.960 bits per heavy atom. The summed E-state index contributed by atoms with van der Waals surface area (Å²) in [5.74, 6) is 0.168. The van der Waals surface area contributed by atoms with Gasteiger partial charge in [-0.25, -0.2) is 0 Å². The van der Waals surface area contributed by atoms with Gasteiger partial charge in [0.05, 0.1) is 11.4 Å². The Balaban J connectivity index is 1.67. The number of hydrogen-bond acceptors (Lipinski definition) is 3. The first kappa shape index (κ1) is 16.0. The first-order valence-corrected chi connectivity index (χ1v) is 9.17. The van der Waals surface area contributed by atoms with E-state index in [1.165, 1.54) is 12.1 Å². The Hall–Kier alpha value is -2.49. The van der Waals surface area contributed by atoms with E-state index in [-0.39, 0.29) is 12.1 Å². The third kappa shape index (κ3) is 2.76. The third-order valence-corrected chi connectivity index (χ3v) is 5.47. The van der Waals surface area contributed by atoms with Gasteiger partial charge in [0.25, 0.3) is 5.91 Å². The Morgan fingerprint density at radius 2 is 1.68 bits per heavy atom. The maximum absolute atomic E-state index is 12.8. The Kier molecular flexibility index (Phi) is 4.12. The second kappa shape index (κ2) is 6.43. The molecule has 0 bridgehead atoms. The van der Waals surface area contributed by atoms with Crippen molar-refractivity contribution in [2.24, 2.45) is 0 Å². The number of hydrogen-bond donors (Lipinski definition) is 0. The summed E-state index contributed by atoms with van der Waals surface area (Å²) in [6.07, 6.45) is 3.70. The standard InChI is InChI=1S/C21H25N3O/c1-16-22(2)20-15-17(21(25)23-13-7-4-8-14-23)11-12-19(20)24(16)18-9-5-3-6-10-18/h3,5-6,9-12,15-16H,4,7-8,13-14H2,1-2H3. The van der Waals surface area contributed by atoms with Gasteiger partial charge in [-0.2, -0.15) is 0 Å². The molecule has 2 aliphatic heterocycles. The fourth-order valence-electron chi connectivity index (χ4n) is 3.94.